The Balaban J connectivity index is 2.12. The highest BCUT2D eigenvalue weighted by Crippen LogP contribution is 2.21. The van der Waals surface area contributed by atoms with Crippen molar-refractivity contribution < 1.29 is 4.79 Å². The van der Waals surface area contributed by atoms with E-state index in [1.807, 2.05) is 25.2 Å². The molecule has 116 valence electrons. The number of hydrogen-bond acceptors (Lipinski definition) is 3. The van der Waals surface area contributed by atoms with Crippen LogP contribution in [0.4, 0.5) is 11.4 Å². The quantitative estimate of drug-likeness (QED) is 0.867. The summed E-state index contributed by atoms with van der Waals surface area (Å²) in [5, 5.41) is 3.29. The average Bonchev–Trinajstić information content (AvgIpc) is 2.54. The van der Waals surface area contributed by atoms with E-state index in [0.717, 1.165) is 25.1 Å². The van der Waals surface area contributed by atoms with Crippen LogP contribution in [0.25, 0.3) is 0 Å². The van der Waals surface area contributed by atoms with Gasteiger partial charge in [0.2, 0.25) is 0 Å². The Kier molecular flexibility index (Phi) is 5.78. The fourth-order valence-electron chi connectivity index (χ4n) is 2.05. The van der Waals surface area contributed by atoms with Crippen LogP contribution in [0.1, 0.15) is 30.3 Å². The summed E-state index contributed by atoms with van der Waals surface area (Å²) in [4.78, 5) is 18.6. The summed E-state index contributed by atoms with van der Waals surface area (Å²) >= 11 is 6.05. The van der Waals surface area contributed by atoms with Crippen molar-refractivity contribution in [3.05, 3.63) is 53.3 Å². The second-order valence-electron chi connectivity index (χ2n) is 5.11. The summed E-state index contributed by atoms with van der Waals surface area (Å²) < 4.78 is 0. The zero-order valence-corrected chi connectivity index (χ0v) is 13.6. The molecule has 4 nitrogen and oxygen atoms in total. The van der Waals surface area contributed by atoms with E-state index in [1.165, 1.54) is 0 Å². The molecule has 1 heterocycles. The van der Waals surface area contributed by atoms with Crippen molar-refractivity contribution in [3.63, 3.8) is 0 Å². The van der Waals surface area contributed by atoms with E-state index in [-0.39, 0.29) is 5.91 Å². The fourth-order valence-corrected chi connectivity index (χ4v) is 2.24. The number of nitrogens with one attached hydrogen (secondary N) is 1. The first-order chi connectivity index (χ1) is 10.6. The van der Waals surface area contributed by atoms with Gasteiger partial charge in [0, 0.05) is 25.5 Å². The smallest absolute Gasteiger partial charge is 0.274 e. The van der Waals surface area contributed by atoms with Crippen molar-refractivity contribution in [2.24, 2.45) is 0 Å². The van der Waals surface area contributed by atoms with E-state index in [0.29, 0.717) is 16.4 Å². The number of carbonyl (C=O) groups excluding carboxylic acids is 1. The van der Waals surface area contributed by atoms with Crippen LogP contribution in [0, 0.1) is 0 Å². The lowest BCUT2D eigenvalue weighted by molar-refractivity contribution is 0.102. The minimum atomic E-state index is -0.265. The molecule has 0 spiro atoms. The van der Waals surface area contributed by atoms with Gasteiger partial charge in [-0.25, -0.2) is 0 Å². The first kappa shape index (κ1) is 16.3. The number of benzene rings is 1. The van der Waals surface area contributed by atoms with Crippen molar-refractivity contribution in [2.45, 2.75) is 19.8 Å². The molecule has 22 heavy (non-hydrogen) atoms. The minimum Gasteiger partial charge on any atom is -0.374 e. The normalized spacial score (nSPS) is 10.3. The molecule has 1 aromatic carbocycles. The molecule has 2 rings (SSSR count). The van der Waals surface area contributed by atoms with Gasteiger partial charge in [-0.05, 0) is 30.7 Å². The highest BCUT2D eigenvalue weighted by molar-refractivity contribution is 6.33. The predicted octanol–water partition coefficient (Wildman–Crippen LogP) is 4.22. The molecule has 1 N–H and O–H groups in total. The van der Waals surface area contributed by atoms with Crippen LogP contribution in [0.15, 0.2) is 42.6 Å². The van der Waals surface area contributed by atoms with E-state index >= 15 is 0 Å². The summed E-state index contributed by atoms with van der Waals surface area (Å²) in [6.07, 6.45) is 3.90. The molecular weight excluding hydrogens is 298 g/mol. The maximum Gasteiger partial charge on any atom is 0.274 e. The van der Waals surface area contributed by atoms with E-state index in [1.54, 1.807) is 24.4 Å². The second-order valence-corrected chi connectivity index (χ2v) is 5.52. The van der Waals surface area contributed by atoms with Crippen LogP contribution in [-0.4, -0.2) is 24.5 Å². The minimum absolute atomic E-state index is 0.265. The zero-order chi connectivity index (χ0) is 15.9. The number of anilines is 2. The number of hydrogen-bond donors (Lipinski definition) is 1. The highest BCUT2D eigenvalue weighted by atomic mass is 35.5. The number of halogens is 1. The molecule has 1 amide bonds. The predicted molar refractivity (Wildman–Crippen MR) is 91.8 cm³/mol. The molecule has 0 aliphatic rings. The Bertz CT molecular complexity index is 645. The van der Waals surface area contributed by atoms with Crippen molar-refractivity contribution in [3.8, 4) is 0 Å². The van der Waals surface area contributed by atoms with Gasteiger partial charge in [-0.2, -0.15) is 0 Å². The Morgan fingerprint density at radius 1 is 1.32 bits per heavy atom. The van der Waals surface area contributed by atoms with E-state index < -0.39 is 0 Å². The molecule has 0 unspecified atom stereocenters. The van der Waals surface area contributed by atoms with Crippen LogP contribution in [0.2, 0.25) is 5.02 Å². The summed E-state index contributed by atoms with van der Waals surface area (Å²) in [5.74, 6) is -0.265. The lowest BCUT2D eigenvalue weighted by Gasteiger charge is -2.19. The molecule has 0 bridgehead atoms. The van der Waals surface area contributed by atoms with E-state index in [9.17, 15) is 4.79 Å². The Morgan fingerprint density at radius 2 is 2.09 bits per heavy atom. The van der Waals surface area contributed by atoms with Gasteiger partial charge in [0.25, 0.3) is 5.91 Å². The summed E-state index contributed by atoms with van der Waals surface area (Å²) in [6, 6.07) is 10.8. The lowest BCUT2D eigenvalue weighted by atomic mass is 10.2. The number of para-hydroxylation sites is 1. The molecule has 0 radical (unpaired) electrons. The van der Waals surface area contributed by atoms with Crippen molar-refractivity contribution in [1.82, 2.24) is 4.98 Å². The number of carbonyl (C=O) groups is 1. The number of nitrogens with zero attached hydrogens (tertiary/aromatic N) is 2. The zero-order valence-electron chi connectivity index (χ0n) is 12.8. The first-order valence-electron chi connectivity index (χ1n) is 7.35. The van der Waals surface area contributed by atoms with Gasteiger partial charge in [0.15, 0.2) is 0 Å². The number of amides is 1. The number of rotatable bonds is 6. The number of pyridine rings is 1. The number of unbranched alkanes of at least 4 members (excludes halogenated alkanes) is 1. The molecule has 0 aliphatic heterocycles. The van der Waals surface area contributed by atoms with Crippen LogP contribution in [-0.2, 0) is 0 Å². The Labute approximate surface area is 136 Å². The third kappa shape index (κ3) is 4.21. The monoisotopic (exact) mass is 317 g/mol. The molecule has 0 fully saturated rings. The van der Waals surface area contributed by atoms with Crippen LogP contribution in [0.3, 0.4) is 0 Å². The Hall–Kier alpha value is -2.07. The Morgan fingerprint density at radius 3 is 2.82 bits per heavy atom. The summed E-state index contributed by atoms with van der Waals surface area (Å²) in [6.45, 7) is 3.11. The maximum absolute atomic E-state index is 12.3. The van der Waals surface area contributed by atoms with Crippen LogP contribution >= 0.6 is 11.6 Å². The molecule has 2 aromatic rings. The second kappa shape index (κ2) is 7.80. The van der Waals surface area contributed by atoms with E-state index in [4.69, 9.17) is 11.6 Å². The topological polar surface area (TPSA) is 45.2 Å². The average molecular weight is 318 g/mol. The molecule has 0 saturated carbocycles. The molecule has 0 aliphatic carbocycles. The third-order valence-electron chi connectivity index (χ3n) is 3.39. The van der Waals surface area contributed by atoms with Gasteiger partial charge < -0.3 is 10.2 Å². The number of aromatic nitrogens is 1. The third-order valence-corrected chi connectivity index (χ3v) is 3.72. The molecule has 1 aromatic heterocycles. The van der Waals surface area contributed by atoms with Gasteiger partial charge >= 0.3 is 0 Å². The van der Waals surface area contributed by atoms with Gasteiger partial charge in [-0.3, -0.25) is 9.78 Å². The lowest BCUT2D eigenvalue weighted by Crippen LogP contribution is -2.20. The van der Waals surface area contributed by atoms with Crippen molar-refractivity contribution in [1.29, 1.82) is 0 Å². The van der Waals surface area contributed by atoms with Crippen LogP contribution in [0.5, 0.6) is 0 Å². The first-order valence-corrected chi connectivity index (χ1v) is 7.72. The van der Waals surface area contributed by atoms with Gasteiger partial charge in [-0.1, -0.05) is 37.1 Å². The maximum atomic E-state index is 12.3. The largest absolute Gasteiger partial charge is 0.374 e. The SMILES string of the molecule is CCCCN(C)c1ccnc(C(=O)Nc2ccccc2Cl)c1. The van der Waals surface area contributed by atoms with Crippen LogP contribution < -0.4 is 10.2 Å². The molecule has 0 atom stereocenters. The molecule has 0 saturated heterocycles. The van der Waals surface area contributed by atoms with Gasteiger partial charge in [0.1, 0.15) is 5.69 Å². The summed E-state index contributed by atoms with van der Waals surface area (Å²) in [7, 11) is 2.01. The molecular formula is C17H20ClN3O. The van der Waals surface area contributed by atoms with E-state index in [2.05, 4.69) is 22.1 Å². The summed E-state index contributed by atoms with van der Waals surface area (Å²) in [5.41, 5.74) is 1.94. The molecule has 5 heteroatoms. The van der Waals surface area contributed by atoms with Crippen molar-refractivity contribution in [2.75, 3.05) is 23.8 Å². The van der Waals surface area contributed by atoms with Gasteiger partial charge in [0.05, 0.1) is 10.7 Å². The standard InChI is InChI=1S/C17H20ClN3O/c1-3-4-11-21(2)13-9-10-19-16(12-13)17(22)20-15-8-6-5-7-14(15)18/h5-10,12H,3-4,11H2,1-2H3,(H,20,22). The highest BCUT2D eigenvalue weighted by Gasteiger charge is 2.11. The van der Waals surface area contributed by atoms with Gasteiger partial charge in [-0.15, -0.1) is 0 Å². The fraction of sp³-hybridized carbons (Fsp3) is 0.294. The van der Waals surface area contributed by atoms with Crippen molar-refractivity contribution >= 4 is 28.9 Å².